The predicted molar refractivity (Wildman–Crippen MR) is 116 cm³/mol. The summed E-state index contributed by atoms with van der Waals surface area (Å²) in [7, 11) is 0. The maximum Gasteiger partial charge on any atom is 0.326 e. The zero-order chi connectivity index (χ0) is 24.1. The van der Waals surface area contributed by atoms with Crippen molar-refractivity contribution in [2.45, 2.75) is 6.92 Å². The Labute approximate surface area is 190 Å². The van der Waals surface area contributed by atoms with E-state index in [9.17, 15) is 34.6 Å². The first-order valence-corrected chi connectivity index (χ1v) is 10.1. The number of hydrogen-bond acceptors (Lipinski definition) is 10. The molecular weight excluding hydrogens is 458 g/mol. The van der Waals surface area contributed by atoms with Gasteiger partial charge in [0.2, 0.25) is 5.75 Å². The fourth-order valence-corrected chi connectivity index (χ4v) is 3.60. The summed E-state index contributed by atoms with van der Waals surface area (Å²) in [6.07, 6.45) is 1.35. The minimum atomic E-state index is -0.814. The van der Waals surface area contributed by atoms with Crippen molar-refractivity contribution in [2.24, 2.45) is 0 Å². The number of para-hydroxylation sites is 1. The van der Waals surface area contributed by atoms with Gasteiger partial charge >= 0.3 is 11.7 Å². The van der Waals surface area contributed by atoms with Gasteiger partial charge in [-0.25, -0.2) is 0 Å². The molecule has 13 heteroatoms. The standard InChI is InChI=1S/C20H15N3O9S/c1-2-31-18(24)11-21-19(25)17(33-20(21)26)9-12-5-3-4-6-15(12)32-16-8-7-13(22(27)28)10-14(16)23(29)30/h3-10H,2,11H2,1H3/b17-9+. The molecule has 1 aliphatic rings. The minimum absolute atomic E-state index is 0.0125. The van der Waals surface area contributed by atoms with Crippen LogP contribution in [0.3, 0.4) is 0 Å². The van der Waals surface area contributed by atoms with Crippen LogP contribution in [0.5, 0.6) is 11.5 Å². The number of non-ortho nitro benzene ring substituents is 1. The van der Waals surface area contributed by atoms with E-state index in [-0.39, 0.29) is 23.0 Å². The van der Waals surface area contributed by atoms with Crippen LogP contribution in [0.1, 0.15) is 12.5 Å². The summed E-state index contributed by atoms with van der Waals surface area (Å²) in [5, 5.41) is 21.6. The highest BCUT2D eigenvalue weighted by Crippen LogP contribution is 2.38. The normalized spacial score (nSPS) is 14.5. The number of carbonyl (C=O) groups is 3. The Hall–Kier alpha value is -4.26. The van der Waals surface area contributed by atoms with E-state index < -0.39 is 44.9 Å². The van der Waals surface area contributed by atoms with Crippen molar-refractivity contribution in [3.05, 3.63) is 73.2 Å². The van der Waals surface area contributed by atoms with Crippen LogP contribution < -0.4 is 4.74 Å². The average Bonchev–Trinajstić information content (AvgIpc) is 3.02. The number of nitro benzene ring substituents is 2. The second-order valence-electron chi connectivity index (χ2n) is 6.38. The number of benzene rings is 2. The van der Waals surface area contributed by atoms with Crippen molar-refractivity contribution in [1.29, 1.82) is 0 Å². The number of thioether (sulfide) groups is 1. The second-order valence-corrected chi connectivity index (χ2v) is 7.37. The number of esters is 1. The molecule has 0 saturated carbocycles. The molecule has 3 rings (SSSR count). The molecule has 0 bridgehead atoms. The van der Waals surface area contributed by atoms with E-state index in [1.54, 1.807) is 25.1 Å². The van der Waals surface area contributed by atoms with Crippen molar-refractivity contribution in [3.63, 3.8) is 0 Å². The first-order valence-electron chi connectivity index (χ1n) is 9.32. The molecule has 0 radical (unpaired) electrons. The SMILES string of the molecule is CCOC(=O)CN1C(=O)S/C(=C/c2ccccc2Oc2ccc([N+](=O)[O-])cc2[N+](=O)[O-])C1=O. The minimum Gasteiger partial charge on any atom is -0.465 e. The van der Waals surface area contributed by atoms with Gasteiger partial charge in [0.25, 0.3) is 16.8 Å². The van der Waals surface area contributed by atoms with Crippen LogP contribution in [0.15, 0.2) is 47.4 Å². The molecule has 0 unspecified atom stereocenters. The summed E-state index contributed by atoms with van der Waals surface area (Å²) in [5.41, 5.74) is -0.779. The van der Waals surface area contributed by atoms with Crippen LogP contribution in [0.25, 0.3) is 6.08 Å². The molecule has 2 aromatic carbocycles. The molecule has 0 aromatic heterocycles. The number of carbonyl (C=O) groups excluding carboxylic acids is 3. The Morgan fingerprint density at radius 2 is 1.82 bits per heavy atom. The third kappa shape index (κ3) is 5.33. The zero-order valence-electron chi connectivity index (χ0n) is 17.0. The van der Waals surface area contributed by atoms with Gasteiger partial charge in [0.05, 0.1) is 27.4 Å². The molecule has 2 aromatic rings. The summed E-state index contributed by atoms with van der Waals surface area (Å²) in [4.78, 5) is 57.9. The molecular formula is C20H15N3O9S. The van der Waals surface area contributed by atoms with Crippen molar-refractivity contribution in [1.82, 2.24) is 4.90 Å². The van der Waals surface area contributed by atoms with E-state index in [0.717, 1.165) is 23.1 Å². The van der Waals surface area contributed by atoms with Gasteiger partial charge in [0, 0.05) is 11.6 Å². The summed E-state index contributed by atoms with van der Waals surface area (Å²) in [6, 6.07) is 9.15. The Kier molecular flexibility index (Phi) is 7.03. The number of imide groups is 1. The first kappa shape index (κ1) is 23.4. The third-order valence-corrected chi connectivity index (χ3v) is 5.15. The van der Waals surface area contributed by atoms with Crippen LogP contribution in [-0.2, 0) is 14.3 Å². The lowest BCUT2D eigenvalue weighted by atomic mass is 10.1. The topological polar surface area (TPSA) is 159 Å². The number of hydrogen-bond donors (Lipinski definition) is 0. The highest BCUT2D eigenvalue weighted by atomic mass is 32.2. The van der Waals surface area contributed by atoms with Gasteiger partial charge in [-0.1, -0.05) is 18.2 Å². The van der Waals surface area contributed by atoms with Gasteiger partial charge in [-0.05, 0) is 36.9 Å². The molecule has 0 aliphatic carbocycles. The monoisotopic (exact) mass is 473 g/mol. The van der Waals surface area contributed by atoms with Crippen molar-refractivity contribution in [3.8, 4) is 11.5 Å². The van der Waals surface area contributed by atoms with Crippen LogP contribution in [-0.4, -0.2) is 45.0 Å². The largest absolute Gasteiger partial charge is 0.465 e. The highest BCUT2D eigenvalue weighted by Gasteiger charge is 2.36. The number of ether oxygens (including phenoxy) is 2. The maximum absolute atomic E-state index is 12.6. The molecule has 0 atom stereocenters. The molecule has 1 aliphatic heterocycles. The molecule has 1 fully saturated rings. The number of amides is 2. The highest BCUT2D eigenvalue weighted by molar-refractivity contribution is 8.18. The summed E-state index contributed by atoms with van der Waals surface area (Å²) in [5.74, 6) is -1.57. The van der Waals surface area contributed by atoms with Crippen LogP contribution in [0.4, 0.5) is 16.2 Å². The van der Waals surface area contributed by atoms with Crippen molar-refractivity contribution in [2.75, 3.05) is 13.2 Å². The van der Waals surface area contributed by atoms with Crippen LogP contribution in [0.2, 0.25) is 0 Å². The summed E-state index contributed by atoms with van der Waals surface area (Å²) < 4.78 is 10.4. The Morgan fingerprint density at radius 3 is 2.48 bits per heavy atom. The number of nitrogens with zero attached hydrogens (tertiary/aromatic N) is 3. The second kappa shape index (κ2) is 9.91. The molecule has 2 amide bonds. The van der Waals surface area contributed by atoms with Gasteiger partial charge in [0.15, 0.2) is 0 Å². The fraction of sp³-hybridized carbons (Fsp3) is 0.150. The average molecular weight is 473 g/mol. The van der Waals surface area contributed by atoms with Gasteiger partial charge in [0.1, 0.15) is 12.3 Å². The Bertz CT molecular complexity index is 1200. The third-order valence-electron chi connectivity index (χ3n) is 4.24. The predicted octanol–water partition coefficient (Wildman–Crippen LogP) is 3.89. The molecule has 0 spiro atoms. The van der Waals surface area contributed by atoms with Gasteiger partial charge < -0.3 is 9.47 Å². The summed E-state index contributed by atoms with van der Waals surface area (Å²) in [6.45, 7) is 1.17. The molecule has 1 saturated heterocycles. The molecule has 1 heterocycles. The van der Waals surface area contributed by atoms with E-state index >= 15 is 0 Å². The fourth-order valence-electron chi connectivity index (χ4n) is 2.77. The maximum atomic E-state index is 12.6. The van der Waals surface area contributed by atoms with E-state index in [2.05, 4.69) is 0 Å². The molecule has 0 N–H and O–H groups in total. The smallest absolute Gasteiger partial charge is 0.326 e. The summed E-state index contributed by atoms with van der Waals surface area (Å²) >= 11 is 0.617. The number of rotatable bonds is 8. The van der Waals surface area contributed by atoms with Crippen molar-refractivity contribution >= 4 is 46.3 Å². The van der Waals surface area contributed by atoms with Gasteiger partial charge in [-0.15, -0.1) is 0 Å². The zero-order valence-corrected chi connectivity index (χ0v) is 17.8. The number of nitro groups is 2. The van der Waals surface area contributed by atoms with E-state index in [4.69, 9.17) is 9.47 Å². The lowest BCUT2D eigenvalue weighted by Crippen LogP contribution is -2.34. The Morgan fingerprint density at radius 1 is 1.09 bits per heavy atom. The van der Waals surface area contributed by atoms with Crippen LogP contribution >= 0.6 is 11.8 Å². The first-order chi connectivity index (χ1) is 15.7. The van der Waals surface area contributed by atoms with Crippen molar-refractivity contribution < 1.29 is 33.7 Å². The van der Waals surface area contributed by atoms with E-state index in [1.807, 2.05) is 0 Å². The van der Waals surface area contributed by atoms with E-state index in [0.29, 0.717) is 17.3 Å². The lowest BCUT2D eigenvalue weighted by molar-refractivity contribution is -0.394. The quantitative estimate of drug-likeness (QED) is 0.238. The molecule has 170 valence electrons. The van der Waals surface area contributed by atoms with Gasteiger partial charge in [-0.3, -0.25) is 39.5 Å². The molecule has 12 nitrogen and oxygen atoms in total. The van der Waals surface area contributed by atoms with E-state index in [1.165, 1.54) is 12.1 Å². The Balaban J connectivity index is 1.91. The molecule has 33 heavy (non-hydrogen) atoms. The van der Waals surface area contributed by atoms with Crippen LogP contribution in [0, 0.1) is 20.2 Å². The lowest BCUT2D eigenvalue weighted by Gasteiger charge is -2.11. The van der Waals surface area contributed by atoms with Gasteiger partial charge in [-0.2, -0.15) is 0 Å².